The van der Waals surface area contributed by atoms with E-state index in [1.54, 1.807) is 0 Å². The van der Waals surface area contributed by atoms with Crippen molar-refractivity contribution in [3.05, 3.63) is 63.9 Å². The molecule has 2 aromatic rings. The van der Waals surface area contributed by atoms with Gasteiger partial charge in [0, 0.05) is 61.8 Å². The number of thiophene rings is 1. The van der Waals surface area contributed by atoms with E-state index < -0.39 is 0 Å². The lowest BCUT2D eigenvalue weighted by Gasteiger charge is -2.34. The third kappa shape index (κ3) is 5.87. The summed E-state index contributed by atoms with van der Waals surface area (Å²) in [6.45, 7) is 9.28. The number of nitrogens with zero attached hydrogens (tertiary/aromatic N) is 3. The smallest absolute Gasteiger partial charge is 0.191 e. The van der Waals surface area contributed by atoms with E-state index in [4.69, 9.17) is 4.74 Å². The highest BCUT2D eigenvalue weighted by molar-refractivity contribution is 7.12. The van der Waals surface area contributed by atoms with Gasteiger partial charge in [-0.3, -0.25) is 9.89 Å². The molecule has 31 heavy (non-hydrogen) atoms. The average molecular weight is 440 g/mol. The van der Waals surface area contributed by atoms with Crippen LogP contribution in [-0.4, -0.2) is 63.8 Å². The number of guanidine groups is 1. The van der Waals surface area contributed by atoms with E-state index in [0.29, 0.717) is 6.04 Å². The zero-order chi connectivity index (χ0) is 21.5. The first-order valence-corrected chi connectivity index (χ1v) is 11.9. The first kappa shape index (κ1) is 21.9. The molecule has 0 amide bonds. The van der Waals surface area contributed by atoms with Gasteiger partial charge in [-0.2, -0.15) is 0 Å². The van der Waals surface area contributed by atoms with Crippen LogP contribution in [0.5, 0.6) is 0 Å². The van der Waals surface area contributed by atoms with Crippen molar-refractivity contribution in [3.8, 4) is 0 Å². The maximum Gasteiger partial charge on any atom is 0.191 e. The first-order valence-electron chi connectivity index (χ1n) is 11.0. The summed E-state index contributed by atoms with van der Waals surface area (Å²) in [5.41, 5.74) is 2.52. The molecule has 1 fully saturated rings. The van der Waals surface area contributed by atoms with Crippen LogP contribution >= 0.6 is 11.3 Å². The van der Waals surface area contributed by atoms with Crippen molar-refractivity contribution < 1.29 is 4.74 Å². The fourth-order valence-electron chi connectivity index (χ4n) is 4.04. The number of hydrogen-bond donors (Lipinski definition) is 2. The number of morpholine rings is 1. The molecular formula is C24H33N5OS. The van der Waals surface area contributed by atoms with Gasteiger partial charge in [-0.05, 0) is 36.8 Å². The van der Waals surface area contributed by atoms with Crippen molar-refractivity contribution in [2.24, 2.45) is 4.99 Å². The normalized spacial score (nSPS) is 18.4. The Morgan fingerprint density at radius 1 is 1.06 bits per heavy atom. The van der Waals surface area contributed by atoms with Gasteiger partial charge in [0.1, 0.15) is 0 Å². The molecule has 0 spiro atoms. The van der Waals surface area contributed by atoms with E-state index in [2.05, 4.69) is 80.9 Å². The van der Waals surface area contributed by atoms with Gasteiger partial charge in [0.2, 0.25) is 0 Å². The lowest BCUT2D eigenvalue weighted by Crippen LogP contribution is -2.46. The first-order chi connectivity index (χ1) is 15.2. The van der Waals surface area contributed by atoms with Crippen LogP contribution in [0.1, 0.15) is 21.4 Å². The molecule has 1 atom stereocenters. The van der Waals surface area contributed by atoms with Crippen LogP contribution in [0.15, 0.2) is 53.5 Å². The second-order valence-corrected chi connectivity index (χ2v) is 9.28. The third-order valence-electron chi connectivity index (χ3n) is 5.84. The highest BCUT2D eigenvalue weighted by Crippen LogP contribution is 2.28. The van der Waals surface area contributed by atoms with Gasteiger partial charge < -0.3 is 20.3 Å². The van der Waals surface area contributed by atoms with Gasteiger partial charge in [0.05, 0.1) is 19.3 Å². The fraction of sp³-hybridized carbons (Fsp3) is 0.458. The Morgan fingerprint density at radius 2 is 1.81 bits per heavy atom. The topological polar surface area (TPSA) is 52.1 Å². The molecule has 0 radical (unpaired) electrons. The van der Waals surface area contributed by atoms with Crippen LogP contribution in [0, 0.1) is 6.92 Å². The number of rotatable bonds is 7. The van der Waals surface area contributed by atoms with Crippen LogP contribution in [0.2, 0.25) is 0 Å². The largest absolute Gasteiger partial charge is 0.379 e. The van der Waals surface area contributed by atoms with E-state index in [1.807, 2.05) is 18.4 Å². The standard InChI is InChI=1S/C24H33N5OS/c1-19-5-10-23(31-19)22(29-13-15-30-16-14-29)18-27-24(25-2)26-17-20-6-8-21(9-7-20)28-11-3-4-12-28/h3-10,22H,11-18H2,1-2H3,(H2,25,26,27). The molecule has 2 aliphatic heterocycles. The summed E-state index contributed by atoms with van der Waals surface area (Å²) in [5.74, 6) is 0.833. The summed E-state index contributed by atoms with van der Waals surface area (Å²) >= 11 is 1.88. The summed E-state index contributed by atoms with van der Waals surface area (Å²) in [4.78, 5) is 12.1. The minimum Gasteiger partial charge on any atom is -0.379 e. The summed E-state index contributed by atoms with van der Waals surface area (Å²) in [5, 5.41) is 7.01. The van der Waals surface area contributed by atoms with E-state index >= 15 is 0 Å². The number of ether oxygens (including phenoxy) is 1. The van der Waals surface area contributed by atoms with Crippen molar-refractivity contribution >= 4 is 23.0 Å². The van der Waals surface area contributed by atoms with Gasteiger partial charge in [-0.25, -0.2) is 0 Å². The van der Waals surface area contributed by atoms with E-state index in [-0.39, 0.29) is 0 Å². The van der Waals surface area contributed by atoms with Crippen LogP contribution in [-0.2, 0) is 11.3 Å². The van der Waals surface area contributed by atoms with Crippen LogP contribution in [0.4, 0.5) is 5.69 Å². The quantitative estimate of drug-likeness (QED) is 0.394. The van der Waals surface area contributed by atoms with Crippen molar-refractivity contribution in [1.29, 1.82) is 0 Å². The van der Waals surface area contributed by atoms with Crippen LogP contribution < -0.4 is 15.5 Å². The van der Waals surface area contributed by atoms with Crippen molar-refractivity contribution in [2.45, 2.75) is 19.5 Å². The molecule has 1 aromatic heterocycles. The second-order valence-electron chi connectivity index (χ2n) is 7.96. The molecule has 0 bridgehead atoms. The van der Waals surface area contributed by atoms with E-state index in [9.17, 15) is 0 Å². The summed E-state index contributed by atoms with van der Waals surface area (Å²) < 4.78 is 5.56. The molecule has 0 saturated carbocycles. The highest BCUT2D eigenvalue weighted by atomic mass is 32.1. The average Bonchev–Trinajstić information content (AvgIpc) is 3.49. The SMILES string of the molecule is CN=C(NCc1ccc(N2CC=CC2)cc1)NCC(c1ccc(C)s1)N1CCOCC1. The molecule has 1 unspecified atom stereocenters. The predicted octanol–water partition coefficient (Wildman–Crippen LogP) is 3.17. The zero-order valence-electron chi connectivity index (χ0n) is 18.5. The maximum atomic E-state index is 5.56. The molecule has 1 aromatic carbocycles. The summed E-state index contributed by atoms with van der Waals surface area (Å²) in [7, 11) is 1.83. The number of hydrogen-bond acceptors (Lipinski definition) is 5. The Kier molecular flexibility index (Phi) is 7.61. The Morgan fingerprint density at radius 3 is 2.45 bits per heavy atom. The van der Waals surface area contributed by atoms with Crippen molar-refractivity contribution in [1.82, 2.24) is 15.5 Å². The zero-order valence-corrected chi connectivity index (χ0v) is 19.3. The van der Waals surface area contributed by atoms with Gasteiger partial charge in [-0.15, -0.1) is 11.3 Å². The Hall–Kier alpha value is -2.35. The van der Waals surface area contributed by atoms with E-state index in [0.717, 1.165) is 58.4 Å². The van der Waals surface area contributed by atoms with Gasteiger partial charge in [0.25, 0.3) is 0 Å². The minimum absolute atomic E-state index is 0.328. The summed E-state index contributed by atoms with van der Waals surface area (Å²) in [6.07, 6.45) is 4.43. The molecule has 2 N–H and O–H groups in total. The molecule has 166 valence electrons. The second kappa shape index (κ2) is 10.8. The lowest BCUT2D eigenvalue weighted by atomic mass is 10.2. The lowest BCUT2D eigenvalue weighted by molar-refractivity contribution is 0.0177. The summed E-state index contributed by atoms with van der Waals surface area (Å²) in [6, 6.07) is 13.6. The van der Waals surface area contributed by atoms with Crippen LogP contribution in [0.25, 0.3) is 0 Å². The molecule has 2 aliphatic rings. The van der Waals surface area contributed by atoms with Gasteiger partial charge in [0.15, 0.2) is 5.96 Å². The Labute approximate surface area is 189 Å². The van der Waals surface area contributed by atoms with Crippen molar-refractivity contribution in [2.75, 3.05) is 57.9 Å². The highest BCUT2D eigenvalue weighted by Gasteiger charge is 2.24. The van der Waals surface area contributed by atoms with Gasteiger partial charge >= 0.3 is 0 Å². The third-order valence-corrected chi connectivity index (χ3v) is 6.94. The van der Waals surface area contributed by atoms with Crippen LogP contribution in [0.3, 0.4) is 0 Å². The monoisotopic (exact) mass is 439 g/mol. The fourth-order valence-corrected chi connectivity index (χ4v) is 5.06. The van der Waals surface area contributed by atoms with Crippen molar-refractivity contribution in [3.63, 3.8) is 0 Å². The molecule has 1 saturated heterocycles. The van der Waals surface area contributed by atoms with E-state index in [1.165, 1.54) is 21.0 Å². The number of benzene rings is 1. The number of nitrogens with one attached hydrogen (secondary N) is 2. The minimum atomic E-state index is 0.328. The Bertz CT molecular complexity index is 878. The molecule has 3 heterocycles. The Balaban J connectivity index is 1.32. The number of aliphatic imine (C=N–C) groups is 1. The molecule has 7 heteroatoms. The predicted molar refractivity (Wildman–Crippen MR) is 130 cm³/mol. The molecule has 0 aliphatic carbocycles. The van der Waals surface area contributed by atoms with Gasteiger partial charge in [-0.1, -0.05) is 24.3 Å². The number of aryl methyl sites for hydroxylation is 1. The molecular weight excluding hydrogens is 406 g/mol. The molecule has 6 nitrogen and oxygen atoms in total. The maximum absolute atomic E-state index is 5.56. The molecule has 4 rings (SSSR count). The number of anilines is 1.